The quantitative estimate of drug-likeness (QED) is 0.840. The molecule has 27 heavy (non-hydrogen) atoms. The third kappa shape index (κ3) is 4.36. The zero-order valence-corrected chi connectivity index (χ0v) is 16.2. The molecule has 0 radical (unpaired) electrons. The van der Waals surface area contributed by atoms with Gasteiger partial charge in [0.25, 0.3) is 15.9 Å². The fourth-order valence-electron chi connectivity index (χ4n) is 3.04. The number of hydrogen-bond donors (Lipinski definition) is 1. The van der Waals surface area contributed by atoms with E-state index in [4.69, 9.17) is 0 Å². The van der Waals surface area contributed by atoms with Gasteiger partial charge in [0.2, 0.25) is 5.03 Å². The van der Waals surface area contributed by atoms with Crippen LogP contribution in [0.1, 0.15) is 35.7 Å². The first kappa shape index (κ1) is 19.5. The fraction of sp³-hybridized carbons (Fsp3) is 0.444. The summed E-state index contributed by atoms with van der Waals surface area (Å²) in [5.74, 6) is -0.406. The fourth-order valence-corrected chi connectivity index (χ4v) is 4.63. The topological polar surface area (TPSA) is 84.3 Å². The lowest BCUT2D eigenvalue weighted by Crippen LogP contribution is -2.39. The number of benzene rings is 1. The van der Waals surface area contributed by atoms with Gasteiger partial charge in [0.1, 0.15) is 5.82 Å². The monoisotopic (exact) mass is 394 g/mol. The van der Waals surface area contributed by atoms with Crippen LogP contribution in [-0.4, -0.2) is 41.5 Å². The Morgan fingerprint density at radius 1 is 1.26 bits per heavy atom. The Morgan fingerprint density at radius 3 is 2.52 bits per heavy atom. The zero-order valence-electron chi connectivity index (χ0n) is 15.4. The highest BCUT2D eigenvalue weighted by Crippen LogP contribution is 2.24. The molecule has 1 aromatic heterocycles. The third-order valence-corrected chi connectivity index (χ3v) is 6.57. The van der Waals surface area contributed by atoms with Crippen LogP contribution in [-0.2, 0) is 23.6 Å². The maximum atomic E-state index is 13.0. The minimum Gasteiger partial charge on any atom is -0.348 e. The van der Waals surface area contributed by atoms with Crippen molar-refractivity contribution in [2.45, 2.75) is 31.3 Å². The van der Waals surface area contributed by atoms with Crippen molar-refractivity contribution in [3.05, 3.63) is 47.4 Å². The predicted octanol–water partition coefficient (Wildman–Crippen LogP) is 1.91. The highest BCUT2D eigenvalue weighted by atomic mass is 32.2. The molecule has 2 aromatic rings. The summed E-state index contributed by atoms with van der Waals surface area (Å²) in [4.78, 5) is 12.6. The van der Waals surface area contributed by atoms with Crippen molar-refractivity contribution in [3.8, 4) is 0 Å². The summed E-state index contributed by atoms with van der Waals surface area (Å²) in [6, 6.07) is 5.73. The molecule has 0 saturated carbocycles. The van der Waals surface area contributed by atoms with Crippen molar-refractivity contribution >= 4 is 15.9 Å². The van der Waals surface area contributed by atoms with Gasteiger partial charge in [-0.05, 0) is 36.5 Å². The number of amides is 1. The van der Waals surface area contributed by atoms with E-state index in [1.165, 1.54) is 27.3 Å². The first-order valence-electron chi connectivity index (χ1n) is 8.84. The van der Waals surface area contributed by atoms with Crippen LogP contribution in [0.2, 0.25) is 0 Å². The third-order valence-electron chi connectivity index (χ3n) is 4.73. The highest BCUT2D eigenvalue weighted by Gasteiger charge is 2.34. The number of halogens is 1. The van der Waals surface area contributed by atoms with Crippen LogP contribution in [0.3, 0.4) is 0 Å². The zero-order chi connectivity index (χ0) is 19.6. The number of hydrogen-bond acceptors (Lipinski definition) is 4. The lowest BCUT2D eigenvalue weighted by molar-refractivity contribution is 0.0947. The van der Waals surface area contributed by atoms with E-state index in [2.05, 4.69) is 17.3 Å². The summed E-state index contributed by atoms with van der Waals surface area (Å²) in [5.41, 5.74) is 0.723. The molecule has 146 valence electrons. The Morgan fingerprint density at radius 2 is 1.89 bits per heavy atom. The molecule has 0 unspecified atom stereocenters. The lowest BCUT2D eigenvalue weighted by Gasteiger charge is -2.28. The summed E-state index contributed by atoms with van der Waals surface area (Å²) in [6.45, 7) is 3.11. The van der Waals surface area contributed by atoms with E-state index in [0.717, 1.165) is 12.8 Å². The Labute approximate surface area is 158 Å². The minimum atomic E-state index is -3.84. The van der Waals surface area contributed by atoms with Crippen LogP contribution in [0.15, 0.2) is 35.5 Å². The number of carbonyl (C=O) groups excluding carboxylic acids is 1. The van der Waals surface area contributed by atoms with Gasteiger partial charge in [-0.2, -0.15) is 9.40 Å². The van der Waals surface area contributed by atoms with E-state index in [9.17, 15) is 17.6 Å². The largest absolute Gasteiger partial charge is 0.348 e. The second-order valence-corrected chi connectivity index (χ2v) is 8.77. The van der Waals surface area contributed by atoms with Gasteiger partial charge in [-0.1, -0.05) is 19.1 Å². The molecule has 0 bridgehead atoms. The Bertz CT molecular complexity index is 917. The summed E-state index contributed by atoms with van der Waals surface area (Å²) in [6.07, 6.45) is 2.98. The number of piperidine rings is 1. The van der Waals surface area contributed by atoms with Crippen LogP contribution in [0.4, 0.5) is 4.39 Å². The minimum absolute atomic E-state index is 0.0123. The number of nitrogens with zero attached hydrogens (tertiary/aromatic N) is 3. The molecule has 1 N–H and O–H groups in total. The molecule has 0 spiro atoms. The van der Waals surface area contributed by atoms with Crippen molar-refractivity contribution in [1.29, 1.82) is 0 Å². The summed E-state index contributed by atoms with van der Waals surface area (Å²) >= 11 is 0. The number of aryl methyl sites for hydroxylation is 1. The van der Waals surface area contributed by atoms with Gasteiger partial charge in [-0.3, -0.25) is 9.48 Å². The van der Waals surface area contributed by atoms with Crippen molar-refractivity contribution in [1.82, 2.24) is 19.4 Å². The van der Waals surface area contributed by atoms with Crippen LogP contribution in [0.5, 0.6) is 0 Å². The molecule has 0 atom stereocenters. The molecule has 3 rings (SSSR count). The molecule has 9 heteroatoms. The molecule has 1 fully saturated rings. The van der Waals surface area contributed by atoms with Crippen LogP contribution >= 0.6 is 0 Å². The average Bonchev–Trinajstić information content (AvgIpc) is 3.04. The lowest BCUT2D eigenvalue weighted by atomic mass is 10.0. The molecular formula is C18H23FN4O3S. The van der Waals surface area contributed by atoms with E-state index in [1.807, 2.05) is 0 Å². The number of rotatable bonds is 5. The second-order valence-electron chi connectivity index (χ2n) is 6.92. The molecule has 1 aliphatic rings. The number of sulfonamides is 1. The van der Waals surface area contributed by atoms with Gasteiger partial charge in [-0.15, -0.1) is 0 Å². The standard InChI is InChI=1S/C18H23FN4O3S/c1-13-7-9-23(10-8-13)27(25,26)18-16(12-22(2)21-18)17(24)20-11-14-3-5-15(19)6-4-14/h3-6,12-13H,7-11H2,1-2H3,(H,20,24). The van der Waals surface area contributed by atoms with E-state index < -0.39 is 15.9 Å². The van der Waals surface area contributed by atoms with Crippen LogP contribution in [0.25, 0.3) is 0 Å². The molecule has 7 nitrogen and oxygen atoms in total. The van der Waals surface area contributed by atoms with Gasteiger partial charge < -0.3 is 5.32 Å². The number of nitrogens with one attached hydrogen (secondary N) is 1. The first-order valence-corrected chi connectivity index (χ1v) is 10.3. The first-order chi connectivity index (χ1) is 12.8. The van der Waals surface area contributed by atoms with Crippen molar-refractivity contribution in [2.24, 2.45) is 13.0 Å². The summed E-state index contributed by atoms with van der Waals surface area (Å²) in [5, 5.41) is 6.49. The molecule has 1 aliphatic heterocycles. The molecule has 0 aliphatic carbocycles. The van der Waals surface area contributed by atoms with Gasteiger partial charge >= 0.3 is 0 Å². The number of aromatic nitrogens is 2. The smallest absolute Gasteiger partial charge is 0.263 e. The van der Waals surface area contributed by atoms with Crippen molar-refractivity contribution < 1.29 is 17.6 Å². The maximum absolute atomic E-state index is 13.0. The van der Waals surface area contributed by atoms with Gasteiger partial charge in [0, 0.05) is 32.9 Å². The SMILES string of the molecule is CC1CCN(S(=O)(=O)c2nn(C)cc2C(=O)NCc2ccc(F)cc2)CC1. The van der Waals surface area contributed by atoms with Gasteiger partial charge in [-0.25, -0.2) is 12.8 Å². The van der Waals surface area contributed by atoms with E-state index in [1.54, 1.807) is 19.2 Å². The normalized spacial score (nSPS) is 16.4. The van der Waals surface area contributed by atoms with E-state index in [-0.39, 0.29) is 23.0 Å². The van der Waals surface area contributed by atoms with E-state index in [0.29, 0.717) is 24.6 Å². The second kappa shape index (κ2) is 7.77. The Hall–Kier alpha value is -2.26. The highest BCUT2D eigenvalue weighted by molar-refractivity contribution is 7.89. The van der Waals surface area contributed by atoms with Gasteiger partial charge in [0.15, 0.2) is 0 Å². The molecule has 1 amide bonds. The van der Waals surface area contributed by atoms with Crippen molar-refractivity contribution in [2.75, 3.05) is 13.1 Å². The summed E-state index contributed by atoms with van der Waals surface area (Å²) in [7, 11) is -2.26. The molecule has 1 saturated heterocycles. The van der Waals surface area contributed by atoms with Crippen LogP contribution < -0.4 is 5.32 Å². The predicted molar refractivity (Wildman–Crippen MR) is 97.9 cm³/mol. The Kier molecular flexibility index (Phi) is 5.61. The number of carbonyl (C=O) groups is 1. The van der Waals surface area contributed by atoms with E-state index >= 15 is 0 Å². The molecule has 2 heterocycles. The molecule has 1 aromatic carbocycles. The average molecular weight is 394 g/mol. The summed E-state index contributed by atoms with van der Waals surface area (Å²) < 4.78 is 41.6. The Balaban J connectivity index is 1.78. The molecular weight excluding hydrogens is 371 g/mol. The van der Waals surface area contributed by atoms with Gasteiger partial charge in [0.05, 0.1) is 5.56 Å². The van der Waals surface area contributed by atoms with Crippen molar-refractivity contribution in [3.63, 3.8) is 0 Å². The maximum Gasteiger partial charge on any atom is 0.263 e. The van der Waals surface area contributed by atoms with Crippen LogP contribution in [0, 0.1) is 11.7 Å².